The number of hydrogen-bond donors (Lipinski definition) is 0. The van der Waals surface area contributed by atoms with E-state index in [2.05, 4.69) is 24.8 Å². The van der Waals surface area contributed by atoms with Gasteiger partial charge in [0.2, 0.25) is 0 Å². The molecule has 2 unspecified atom stereocenters. The average Bonchev–Trinajstić information content (AvgIpc) is 3.17. The molecular formula is C30H36N4O3S2. The number of methoxy groups -OCH3 is 1. The van der Waals surface area contributed by atoms with E-state index in [1.54, 1.807) is 16.6 Å². The summed E-state index contributed by atoms with van der Waals surface area (Å²) in [4.78, 5) is 31.4. The van der Waals surface area contributed by atoms with Crippen molar-refractivity contribution in [2.24, 2.45) is 11.8 Å². The lowest BCUT2D eigenvalue weighted by molar-refractivity contribution is -0.122. The number of pyridine rings is 1. The standard InChI is InChI=1S/C30H36N4O3S2/c1-6-12-33-27(32-17-19(2)14-20(3)18-32)24(21(4)25(16-31)28(33)35)15-26-29(36)34(30(38)39-26)13-11-22-7-9-23(37-5)10-8-22/h7-10,15,19-20H,6,11-14,17-18H2,1-5H3/b26-15+. The van der Waals surface area contributed by atoms with Gasteiger partial charge >= 0.3 is 0 Å². The number of carbonyl (C=O) groups is 1. The van der Waals surface area contributed by atoms with Crippen molar-refractivity contribution < 1.29 is 9.53 Å². The van der Waals surface area contributed by atoms with E-state index in [0.717, 1.165) is 48.6 Å². The lowest BCUT2D eigenvalue weighted by Gasteiger charge is -2.39. The van der Waals surface area contributed by atoms with Crippen LogP contribution < -0.4 is 15.2 Å². The van der Waals surface area contributed by atoms with Gasteiger partial charge in [-0.3, -0.25) is 19.1 Å². The summed E-state index contributed by atoms with van der Waals surface area (Å²) in [6.45, 7) is 10.9. The van der Waals surface area contributed by atoms with Crippen molar-refractivity contribution in [2.75, 3.05) is 31.6 Å². The zero-order valence-corrected chi connectivity index (χ0v) is 25.0. The number of thioether (sulfide) groups is 1. The summed E-state index contributed by atoms with van der Waals surface area (Å²) in [5.41, 5.74) is 2.33. The van der Waals surface area contributed by atoms with Crippen LogP contribution in [0.25, 0.3) is 6.08 Å². The quantitative estimate of drug-likeness (QED) is 0.315. The van der Waals surface area contributed by atoms with Crippen LogP contribution >= 0.6 is 24.0 Å². The van der Waals surface area contributed by atoms with E-state index in [1.165, 1.54) is 11.8 Å². The number of amides is 1. The second kappa shape index (κ2) is 12.4. The molecule has 2 saturated heterocycles. The Kier molecular flexibility index (Phi) is 9.19. The first-order valence-electron chi connectivity index (χ1n) is 13.5. The molecule has 0 radical (unpaired) electrons. The summed E-state index contributed by atoms with van der Waals surface area (Å²) in [5.74, 6) is 2.39. The maximum Gasteiger partial charge on any atom is 0.270 e. The van der Waals surface area contributed by atoms with Crippen molar-refractivity contribution in [3.05, 3.63) is 61.8 Å². The number of hydrogen-bond acceptors (Lipinski definition) is 7. The Hall–Kier alpha value is -3.09. The van der Waals surface area contributed by atoms with Gasteiger partial charge in [0.15, 0.2) is 0 Å². The minimum absolute atomic E-state index is 0.131. The van der Waals surface area contributed by atoms with Crippen LogP contribution in [-0.2, 0) is 17.8 Å². The van der Waals surface area contributed by atoms with Crippen molar-refractivity contribution in [3.8, 4) is 11.8 Å². The molecule has 9 heteroatoms. The summed E-state index contributed by atoms with van der Waals surface area (Å²) in [6, 6.07) is 9.92. The van der Waals surface area contributed by atoms with Crippen molar-refractivity contribution in [2.45, 2.75) is 53.5 Å². The lowest BCUT2D eigenvalue weighted by Crippen LogP contribution is -2.43. The average molecular weight is 565 g/mol. The molecule has 4 rings (SSSR count). The number of ether oxygens (including phenoxy) is 1. The van der Waals surface area contributed by atoms with Crippen LogP contribution in [0.4, 0.5) is 5.82 Å². The summed E-state index contributed by atoms with van der Waals surface area (Å²) in [7, 11) is 1.63. The van der Waals surface area contributed by atoms with E-state index in [1.807, 2.05) is 44.2 Å². The molecule has 2 fully saturated rings. The number of thiocarbonyl (C=S) groups is 1. The van der Waals surface area contributed by atoms with E-state index in [0.29, 0.717) is 46.1 Å². The van der Waals surface area contributed by atoms with Gasteiger partial charge in [0, 0.05) is 31.7 Å². The summed E-state index contributed by atoms with van der Waals surface area (Å²) in [6.07, 6.45) is 4.41. The predicted molar refractivity (Wildman–Crippen MR) is 162 cm³/mol. The third-order valence-corrected chi connectivity index (χ3v) is 8.77. The van der Waals surface area contributed by atoms with Crippen LogP contribution in [0.5, 0.6) is 5.75 Å². The fourth-order valence-electron chi connectivity index (χ4n) is 5.61. The third-order valence-electron chi connectivity index (χ3n) is 7.39. The van der Waals surface area contributed by atoms with Crippen molar-refractivity contribution in [3.63, 3.8) is 0 Å². The Bertz CT molecular complexity index is 1380. The van der Waals surface area contributed by atoms with Crippen LogP contribution in [0, 0.1) is 30.1 Å². The van der Waals surface area contributed by atoms with E-state index in [9.17, 15) is 14.9 Å². The summed E-state index contributed by atoms with van der Waals surface area (Å²) < 4.78 is 7.49. The first kappa shape index (κ1) is 28.9. The number of aromatic nitrogens is 1. The van der Waals surface area contributed by atoms with Gasteiger partial charge in [-0.15, -0.1) is 0 Å². The van der Waals surface area contributed by atoms with Crippen LogP contribution in [0.1, 0.15) is 55.9 Å². The van der Waals surface area contributed by atoms with Crippen molar-refractivity contribution >= 4 is 46.1 Å². The molecule has 2 aliphatic rings. The van der Waals surface area contributed by atoms with Gasteiger partial charge in [0.05, 0.1) is 12.0 Å². The third kappa shape index (κ3) is 6.07. The first-order chi connectivity index (χ1) is 18.7. The number of nitrogens with zero attached hydrogens (tertiary/aromatic N) is 4. The highest BCUT2D eigenvalue weighted by molar-refractivity contribution is 8.26. The maximum absolute atomic E-state index is 13.6. The smallest absolute Gasteiger partial charge is 0.270 e. The molecule has 2 atom stereocenters. The molecule has 39 heavy (non-hydrogen) atoms. The first-order valence-corrected chi connectivity index (χ1v) is 14.7. The molecule has 2 aliphatic heterocycles. The minimum Gasteiger partial charge on any atom is -0.497 e. The molecule has 1 aromatic heterocycles. The molecule has 0 aliphatic carbocycles. The lowest BCUT2D eigenvalue weighted by atomic mass is 9.91. The second-order valence-corrected chi connectivity index (χ2v) is 12.3. The Morgan fingerprint density at radius 2 is 1.82 bits per heavy atom. The van der Waals surface area contributed by atoms with Gasteiger partial charge in [0.1, 0.15) is 27.5 Å². The summed E-state index contributed by atoms with van der Waals surface area (Å²) >= 11 is 6.89. The highest BCUT2D eigenvalue weighted by Gasteiger charge is 2.34. The van der Waals surface area contributed by atoms with Crippen molar-refractivity contribution in [1.29, 1.82) is 5.26 Å². The zero-order valence-electron chi connectivity index (χ0n) is 23.3. The molecule has 0 spiro atoms. The van der Waals surface area contributed by atoms with E-state index in [-0.39, 0.29) is 17.0 Å². The monoisotopic (exact) mass is 564 g/mol. The number of piperidine rings is 1. The molecule has 0 saturated carbocycles. The molecule has 7 nitrogen and oxygen atoms in total. The highest BCUT2D eigenvalue weighted by Crippen LogP contribution is 2.37. The molecule has 2 aromatic rings. The molecule has 1 amide bonds. The number of nitriles is 1. The SMILES string of the molecule is CCCn1c(N2CC(C)CC(C)C2)c(/C=C2/SC(=S)N(CCc3ccc(OC)cc3)C2=O)c(C)c(C#N)c1=O. The second-order valence-electron chi connectivity index (χ2n) is 10.6. The number of carbonyl (C=O) groups excluding carboxylic acids is 1. The molecule has 0 N–H and O–H groups in total. The normalized spacial score (nSPS) is 20.6. The van der Waals surface area contributed by atoms with Gasteiger partial charge < -0.3 is 9.64 Å². The van der Waals surface area contributed by atoms with Crippen LogP contribution in [0.15, 0.2) is 34.0 Å². The molecule has 3 heterocycles. The van der Waals surface area contributed by atoms with Gasteiger partial charge in [-0.1, -0.05) is 56.9 Å². The minimum atomic E-state index is -0.262. The summed E-state index contributed by atoms with van der Waals surface area (Å²) in [5, 5.41) is 9.90. The Morgan fingerprint density at radius 1 is 1.15 bits per heavy atom. The number of anilines is 1. The molecular weight excluding hydrogens is 528 g/mol. The fourth-order valence-corrected chi connectivity index (χ4v) is 6.90. The Balaban J connectivity index is 1.73. The van der Waals surface area contributed by atoms with Gasteiger partial charge in [0.25, 0.3) is 11.5 Å². The van der Waals surface area contributed by atoms with E-state index < -0.39 is 0 Å². The van der Waals surface area contributed by atoms with E-state index >= 15 is 0 Å². The maximum atomic E-state index is 13.6. The van der Waals surface area contributed by atoms with Crippen molar-refractivity contribution in [1.82, 2.24) is 9.47 Å². The largest absolute Gasteiger partial charge is 0.497 e. The van der Waals surface area contributed by atoms with Gasteiger partial charge in [-0.05, 0) is 67.4 Å². The van der Waals surface area contributed by atoms with E-state index in [4.69, 9.17) is 17.0 Å². The predicted octanol–water partition coefficient (Wildman–Crippen LogP) is 5.37. The zero-order chi connectivity index (χ0) is 28.3. The van der Waals surface area contributed by atoms with Crippen LogP contribution in [0.2, 0.25) is 0 Å². The molecule has 206 valence electrons. The van der Waals surface area contributed by atoms with Crippen LogP contribution in [0.3, 0.4) is 0 Å². The van der Waals surface area contributed by atoms with Crippen LogP contribution in [-0.4, -0.2) is 46.4 Å². The molecule has 1 aromatic carbocycles. The Morgan fingerprint density at radius 3 is 2.41 bits per heavy atom. The topological polar surface area (TPSA) is 78.6 Å². The van der Waals surface area contributed by atoms with Gasteiger partial charge in [-0.25, -0.2) is 0 Å². The Labute approximate surface area is 240 Å². The van der Waals surface area contributed by atoms with Gasteiger partial charge in [-0.2, -0.15) is 5.26 Å². The molecule has 0 bridgehead atoms. The fraction of sp³-hybridized carbons (Fsp3) is 0.467. The number of benzene rings is 1. The number of rotatable bonds is 8. The highest BCUT2D eigenvalue weighted by atomic mass is 32.2.